The normalized spacial score (nSPS) is 13.8. The molecule has 9 heteroatoms. The first-order valence-electron chi connectivity index (χ1n) is 10.5. The maximum absolute atomic E-state index is 13.7. The van der Waals surface area contributed by atoms with E-state index in [4.69, 9.17) is 16.6 Å². The number of H-pyrrole nitrogens is 1. The van der Waals surface area contributed by atoms with Crippen LogP contribution in [0.2, 0.25) is 5.02 Å². The number of halogens is 2. The van der Waals surface area contributed by atoms with Gasteiger partial charge in [0, 0.05) is 36.6 Å². The Hall–Kier alpha value is -3.78. The molecule has 7 nitrogen and oxygen atoms in total. The van der Waals surface area contributed by atoms with E-state index in [0.717, 1.165) is 29.9 Å². The molecule has 0 bridgehead atoms. The molecule has 1 aliphatic rings. The van der Waals surface area contributed by atoms with Gasteiger partial charge in [0.05, 0.1) is 22.6 Å². The number of nitrogens with one attached hydrogen (secondary N) is 3. The van der Waals surface area contributed by atoms with Crippen LogP contribution in [-0.4, -0.2) is 40.5 Å². The van der Waals surface area contributed by atoms with Crippen molar-refractivity contribution in [3.8, 4) is 0 Å². The van der Waals surface area contributed by atoms with E-state index in [1.54, 1.807) is 24.7 Å². The van der Waals surface area contributed by atoms with Gasteiger partial charge in [-0.25, -0.2) is 19.4 Å². The largest absolute Gasteiger partial charge is 0.369 e. The Morgan fingerprint density at radius 3 is 2.67 bits per heavy atom. The summed E-state index contributed by atoms with van der Waals surface area (Å²) in [7, 11) is 0. The number of anilines is 1. The maximum atomic E-state index is 13.7. The quantitative estimate of drug-likeness (QED) is 0.318. The van der Waals surface area contributed by atoms with Gasteiger partial charge in [-0.2, -0.15) is 0 Å². The van der Waals surface area contributed by atoms with Crippen molar-refractivity contribution >= 4 is 41.1 Å². The van der Waals surface area contributed by atoms with Crippen molar-refractivity contribution < 1.29 is 4.39 Å². The van der Waals surface area contributed by atoms with Crippen LogP contribution in [0.3, 0.4) is 0 Å². The van der Waals surface area contributed by atoms with Crippen molar-refractivity contribution in [3.63, 3.8) is 0 Å². The standard InChI is InChI=1S/C24H23ClFN7/c1-27-17-7-9-21(32-15-17)28-10-11-29-22-5-3-2-4-19(24-30-12-13-31-24)23(33-22)18-8-6-16(26)14-20(18)25/h4-9,12-15,29H,1-3,10-11H2,(H,28,32)(H,30,31). The molecular formula is C24H23ClFN7. The van der Waals surface area contributed by atoms with Crippen LogP contribution in [0.5, 0.6) is 0 Å². The second-order valence-electron chi connectivity index (χ2n) is 7.22. The van der Waals surface area contributed by atoms with Gasteiger partial charge < -0.3 is 15.6 Å². The number of imidazole rings is 1. The third-order valence-corrected chi connectivity index (χ3v) is 5.26. The first-order chi connectivity index (χ1) is 16.1. The van der Waals surface area contributed by atoms with Crippen LogP contribution >= 0.6 is 11.6 Å². The third kappa shape index (κ3) is 5.72. The van der Waals surface area contributed by atoms with Gasteiger partial charge in [0.25, 0.3) is 0 Å². The van der Waals surface area contributed by atoms with Gasteiger partial charge in [-0.3, -0.25) is 4.99 Å². The average Bonchev–Trinajstić information content (AvgIpc) is 3.33. The average molecular weight is 464 g/mol. The maximum Gasteiger partial charge on any atom is 0.139 e. The van der Waals surface area contributed by atoms with Crippen LogP contribution in [0.1, 0.15) is 24.2 Å². The topological polar surface area (TPSA) is 90.3 Å². The number of hydrogen-bond acceptors (Lipinski definition) is 6. The molecule has 1 aromatic carbocycles. The lowest BCUT2D eigenvalue weighted by Gasteiger charge is -2.16. The molecule has 4 rings (SSSR count). The molecule has 0 saturated carbocycles. The van der Waals surface area contributed by atoms with E-state index in [0.29, 0.717) is 36.0 Å². The summed E-state index contributed by atoms with van der Waals surface area (Å²) in [4.78, 5) is 20.5. The highest BCUT2D eigenvalue weighted by atomic mass is 35.5. The van der Waals surface area contributed by atoms with Gasteiger partial charge >= 0.3 is 0 Å². The van der Waals surface area contributed by atoms with Crippen LogP contribution in [0.25, 0.3) is 5.57 Å². The Balaban J connectivity index is 1.54. The van der Waals surface area contributed by atoms with Gasteiger partial charge in [-0.05, 0) is 56.0 Å². The molecule has 3 heterocycles. The SMILES string of the molecule is C=Nc1ccc(NCCNC2=CCCC=C(c3ncc[nH]3)C(c3ccc(F)cc3Cl)=N2)nc1. The van der Waals surface area contributed by atoms with Crippen molar-refractivity contribution in [3.05, 3.63) is 89.1 Å². The molecule has 0 radical (unpaired) electrons. The Labute approximate surface area is 196 Å². The summed E-state index contributed by atoms with van der Waals surface area (Å²) in [5.74, 6) is 1.74. The smallest absolute Gasteiger partial charge is 0.139 e. The second-order valence-corrected chi connectivity index (χ2v) is 7.63. The Bertz CT molecular complexity index is 1200. The first kappa shape index (κ1) is 22.4. The minimum atomic E-state index is -0.399. The highest BCUT2D eigenvalue weighted by Crippen LogP contribution is 2.27. The summed E-state index contributed by atoms with van der Waals surface area (Å²) in [6.07, 6.45) is 10.8. The van der Waals surface area contributed by atoms with Crippen LogP contribution in [-0.2, 0) is 0 Å². The number of aromatic nitrogens is 3. The number of benzene rings is 1. The van der Waals surface area contributed by atoms with Crippen molar-refractivity contribution in [2.45, 2.75) is 12.8 Å². The summed E-state index contributed by atoms with van der Waals surface area (Å²) in [5, 5.41) is 6.90. The van der Waals surface area contributed by atoms with E-state index in [2.05, 4.69) is 43.4 Å². The predicted octanol–water partition coefficient (Wildman–Crippen LogP) is 5.14. The molecule has 33 heavy (non-hydrogen) atoms. The molecule has 168 valence electrons. The zero-order valence-corrected chi connectivity index (χ0v) is 18.6. The lowest BCUT2D eigenvalue weighted by molar-refractivity contribution is 0.628. The number of nitrogens with zero attached hydrogens (tertiary/aromatic N) is 4. The Morgan fingerprint density at radius 2 is 1.94 bits per heavy atom. The monoisotopic (exact) mass is 463 g/mol. The van der Waals surface area contributed by atoms with Crippen molar-refractivity contribution in [2.24, 2.45) is 9.98 Å². The number of aromatic amines is 1. The second kappa shape index (κ2) is 10.7. The molecule has 0 atom stereocenters. The first-order valence-corrected chi connectivity index (χ1v) is 10.9. The minimum Gasteiger partial charge on any atom is -0.369 e. The molecule has 3 N–H and O–H groups in total. The van der Waals surface area contributed by atoms with Crippen LogP contribution in [0.4, 0.5) is 15.9 Å². The summed E-state index contributed by atoms with van der Waals surface area (Å²) >= 11 is 6.40. The van der Waals surface area contributed by atoms with Gasteiger partial charge in [0.15, 0.2) is 0 Å². The molecule has 0 aliphatic carbocycles. The molecule has 2 aromatic heterocycles. The van der Waals surface area contributed by atoms with E-state index >= 15 is 0 Å². The van der Waals surface area contributed by atoms with Gasteiger partial charge in [-0.1, -0.05) is 17.7 Å². The molecule has 0 spiro atoms. The fourth-order valence-electron chi connectivity index (χ4n) is 3.36. The lowest BCUT2D eigenvalue weighted by Crippen LogP contribution is -2.23. The Morgan fingerprint density at radius 1 is 1.09 bits per heavy atom. The van der Waals surface area contributed by atoms with E-state index in [1.807, 2.05) is 18.2 Å². The summed E-state index contributed by atoms with van der Waals surface area (Å²) < 4.78 is 13.7. The molecule has 0 amide bonds. The highest BCUT2D eigenvalue weighted by molar-refractivity contribution is 6.40. The number of allylic oxidation sites excluding steroid dienone is 3. The summed E-state index contributed by atoms with van der Waals surface area (Å²) in [6, 6.07) is 8.01. The molecule has 0 saturated heterocycles. The Kier molecular flexibility index (Phi) is 7.26. The van der Waals surface area contributed by atoms with E-state index in [1.165, 1.54) is 12.1 Å². The summed E-state index contributed by atoms with van der Waals surface area (Å²) in [5.41, 5.74) is 2.79. The predicted molar refractivity (Wildman–Crippen MR) is 132 cm³/mol. The molecular weight excluding hydrogens is 441 g/mol. The molecule has 0 unspecified atom stereocenters. The molecule has 3 aromatic rings. The van der Waals surface area contributed by atoms with E-state index < -0.39 is 5.82 Å². The third-order valence-electron chi connectivity index (χ3n) is 4.95. The van der Waals surface area contributed by atoms with Crippen LogP contribution < -0.4 is 10.6 Å². The number of pyridine rings is 1. The zero-order chi connectivity index (χ0) is 23.0. The number of aliphatic imine (C=N–C) groups is 2. The zero-order valence-electron chi connectivity index (χ0n) is 17.9. The van der Waals surface area contributed by atoms with Crippen LogP contribution in [0.15, 0.2) is 76.9 Å². The minimum absolute atomic E-state index is 0.288. The highest BCUT2D eigenvalue weighted by Gasteiger charge is 2.19. The molecule has 1 aliphatic heterocycles. The molecule has 0 fully saturated rings. The van der Waals surface area contributed by atoms with Gasteiger partial charge in [0.2, 0.25) is 0 Å². The number of rotatable bonds is 8. The van der Waals surface area contributed by atoms with Gasteiger partial charge in [0.1, 0.15) is 23.3 Å². The lowest BCUT2D eigenvalue weighted by atomic mass is 9.99. The van der Waals surface area contributed by atoms with Crippen molar-refractivity contribution in [1.29, 1.82) is 0 Å². The fraction of sp³-hybridized carbons (Fsp3) is 0.167. The van der Waals surface area contributed by atoms with Crippen molar-refractivity contribution in [2.75, 3.05) is 18.4 Å². The van der Waals surface area contributed by atoms with Gasteiger partial charge in [-0.15, -0.1) is 0 Å². The van der Waals surface area contributed by atoms with Crippen molar-refractivity contribution in [1.82, 2.24) is 20.3 Å². The summed E-state index contributed by atoms with van der Waals surface area (Å²) in [6.45, 7) is 4.73. The van der Waals surface area contributed by atoms with Crippen LogP contribution in [0, 0.1) is 5.82 Å². The van der Waals surface area contributed by atoms with E-state index in [-0.39, 0.29) is 5.02 Å². The van der Waals surface area contributed by atoms with E-state index in [9.17, 15) is 4.39 Å². The fourth-order valence-corrected chi connectivity index (χ4v) is 3.61. The number of hydrogen-bond donors (Lipinski definition) is 3.